The molecule has 0 fully saturated rings. The topological polar surface area (TPSA) is 70.3 Å². The maximum absolute atomic E-state index is 12.6. The van der Waals surface area contributed by atoms with E-state index >= 15 is 0 Å². The van der Waals surface area contributed by atoms with Crippen LogP contribution in [0.4, 0.5) is 13.2 Å². The lowest BCUT2D eigenvalue weighted by Crippen LogP contribution is -2.04. The maximum Gasteiger partial charge on any atom is 0.416 e. The van der Waals surface area contributed by atoms with Gasteiger partial charge >= 0.3 is 12.1 Å². The van der Waals surface area contributed by atoms with Gasteiger partial charge in [0, 0.05) is 0 Å². The lowest BCUT2D eigenvalue weighted by Gasteiger charge is -2.11. The van der Waals surface area contributed by atoms with Crippen molar-refractivity contribution in [3.05, 3.63) is 59.2 Å². The summed E-state index contributed by atoms with van der Waals surface area (Å²) < 4.78 is 43.1. The third kappa shape index (κ3) is 3.35. The summed E-state index contributed by atoms with van der Waals surface area (Å²) in [5.74, 6) is -1.34. The second kappa shape index (κ2) is 5.77. The lowest BCUT2D eigenvalue weighted by atomic mass is 10.1. The highest BCUT2D eigenvalue weighted by molar-refractivity contribution is 5.88. The molecule has 0 amide bonds. The number of carboxylic acids is 1. The van der Waals surface area contributed by atoms with Crippen LogP contribution in [0.5, 0.6) is 11.5 Å². The Kier molecular flexibility index (Phi) is 4.04. The second-order valence-electron chi connectivity index (χ2n) is 4.26. The van der Waals surface area contributed by atoms with Crippen LogP contribution in [-0.4, -0.2) is 11.1 Å². The average molecular weight is 307 g/mol. The van der Waals surface area contributed by atoms with Crippen molar-refractivity contribution in [3.8, 4) is 17.6 Å². The minimum absolute atomic E-state index is 0.0215. The number of rotatable bonds is 3. The van der Waals surface area contributed by atoms with E-state index in [2.05, 4.69) is 0 Å². The number of carbonyl (C=O) groups is 1. The van der Waals surface area contributed by atoms with Crippen LogP contribution in [-0.2, 0) is 6.18 Å². The molecule has 0 bridgehead atoms. The Balaban J connectivity index is 2.36. The fourth-order valence-corrected chi connectivity index (χ4v) is 1.70. The van der Waals surface area contributed by atoms with Gasteiger partial charge in [-0.25, -0.2) is 4.79 Å². The van der Waals surface area contributed by atoms with Gasteiger partial charge in [-0.1, -0.05) is 6.07 Å². The third-order valence-corrected chi connectivity index (χ3v) is 2.74. The number of halogens is 3. The molecule has 112 valence electrons. The highest BCUT2D eigenvalue weighted by Crippen LogP contribution is 2.33. The van der Waals surface area contributed by atoms with Crippen molar-refractivity contribution in [2.24, 2.45) is 0 Å². The standard InChI is InChI=1S/C15H8F3NO3/c16-15(17,18)11-2-1-3-12(7-11)22-13-5-4-9(14(20)21)6-10(13)8-19/h1-7H,(H,20,21). The molecule has 0 aliphatic carbocycles. The second-order valence-corrected chi connectivity index (χ2v) is 4.26. The fourth-order valence-electron chi connectivity index (χ4n) is 1.70. The molecule has 0 aliphatic heterocycles. The largest absolute Gasteiger partial charge is 0.478 e. The zero-order valence-corrected chi connectivity index (χ0v) is 10.9. The van der Waals surface area contributed by atoms with Crippen LogP contribution in [0.2, 0.25) is 0 Å². The fraction of sp³-hybridized carbons (Fsp3) is 0.0667. The Labute approximate surface area is 123 Å². The van der Waals surface area contributed by atoms with Gasteiger partial charge in [0.15, 0.2) is 0 Å². The van der Waals surface area contributed by atoms with Gasteiger partial charge in [0.05, 0.1) is 16.7 Å². The number of nitrogens with zero attached hydrogens (tertiary/aromatic N) is 1. The van der Waals surface area contributed by atoms with Crippen LogP contribution in [0.3, 0.4) is 0 Å². The molecule has 0 aliphatic rings. The van der Waals surface area contributed by atoms with E-state index in [0.29, 0.717) is 0 Å². The van der Waals surface area contributed by atoms with E-state index in [-0.39, 0.29) is 22.6 Å². The summed E-state index contributed by atoms with van der Waals surface area (Å²) in [5, 5.41) is 17.8. The Morgan fingerprint density at radius 3 is 2.50 bits per heavy atom. The van der Waals surface area contributed by atoms with Crippen LogP contribution in [0, 0.1) is 11.3 Å². The molecule has 0 aromatic heterocycles. The molecular formula is C15H8F3NO3. The maximum atomic E-state index is 12.6. The zero-order valence-electron chi connectivity index (χ0n) is 10.9. The molecule has 4 nitrogen and oxygen atoms in total. The first kappa shape index (κ1) is 15.4. The molecule has 7 heteroatoms. The molecule has 2 rings (SSSR count). The Bertz CT molecular complexity index is 763. The van der Waals surface area contributed by atoms with Crippen molar-refractivity contribution in [1.29, 1.82) is 5.26 Å². The minimum Gasteiger partial charge on any atom is -0.478 e. The number of alkyl halides is 3. The Hall–Kier alpha value is -3.01. The zero-order chi connectivity index (χ0) is 16.3. The monoisotopic (exact) mass is 307 g/mol. The Morgan fingerprint density at radius 2 is 1.91 bits per heavy atom. The molecular weight excluding hydrogens is 299 g/mol. The lowest BCUT2D eigenvalue weighted by molar-refractivity contribution is -0.137. The van der Waals surface area contributed by atoms with Gasteiger partial charge in [0.25, 0.3) is 0 Å². The van der Waals surface area contributed by atoms with Gasteiger partial charge in [-0.2, -0.15) is 18.4 Å². The van der Waals surface area contributed by atoms with Crippen LogP contribution < -0.4 is 4.74 Å². The van der Waals surface area contributed by atoms with E-state index in [1.165, 1.54) is 24.3 Å². The van der Waals surface area contributed by atoms with E-state index in [0.717, 1.165) is 18.2 Å². The number of ether oxygens (including phenoxy) is 1. The van der Waals surface area contributed by atoms with Gasteiger partial charge in [-0.05, 0) is 36.4 Å². The van der Waals surface area contributed by atoms with E-state index in [4.69, 9.17) is 15.1 Å². The van der Waals surface area contributed by atoms with Crippen molar-refractivity contribution in [3.63, 3.8) is 0 Å². The summed E-state index contributed by atoms with van der Waals surface area (Å²) >= 11 is 0. The molecule has 0 saturated heterocycles. The first-order chi connectivity index (χ1) is 10.3. The summed E-state index contributed by atoms with van der Waals surface area (Å²) in [4.78, 5) is 10.8. The molecule has 0 unspecified atom stereocenters. The molecule has 22 heavy (non-hydrogen) atoms. The van der Waals surface area contributed by atoms with E-state index in [9.17, 15) is 18.0 Å². The van der Waals surface area contributed by atoms with Crippen LogP contribution in [0.1, 0.15) is 21.5 Å². The van der Waals surface area contributed by atoms with Crippen molar-refractivity contribution in [2.75, 3.05) is 0 Å². The molecule has 0 radical (unpaired) electrons. The average Bonchev–Trinajstić information content (AvgIpc) is 2.47. The quantitative estimate of drug-likeness (QED) is 0.928. The van der Waals surface area contributed by atoms with Crippen molar-refractivity contribution in [2.45, 2.75) is 6.18 Å². The van der Waals surface area contributed by atoms with Crippen molar-refractivity contribution >= 4 is 5.97 Å². The number of aromatic carboxylic acids is 1. The van der Waals surface area contributed by atoms with Crippen molar-refractivity contribution < 1.29 is 27.8 Å². The predicted molar refractivity (Wildman–Crippen MR) is 69.6 cm³/mol. The number of nitriles is 1. The minimum atomic E-state index is -4.51. The summed E-state index contributed by atoms with van der Waals surface area (Å²) in [5.41, 5.74) is -1.09. The van der Waals surface area contributed by atoms with Gasteiger partial charge in [0.1, 0.15) is 17.6 Å². The van der Waals surface area contributed by atoms with Crippen molar-refractivity contribution in [1.82, 2.24) is 0 Å². The van der Waals surface area contributed by atoms with Gasteiger partial charge in [-0.15, -0.1) is 0 Å². The first-order valence-electron chi connectivity index (χ1n) is 5.94. The normalized spacial score (nSPS) is 10.8. The number of hydrogen-bond acceptors (Lipinski definition) is 3. The molecule has 0 spiro atoms. The van der Waals surface area contributed by atoms with Gasteiger partial charge < -0.3 is 9.84 Å². The third-order valence-electron chi connectivity index (χ3n) is 2.74. The van der Waals surface area contributed by atoms with Gasteiger partial charge in [-0.3, -0.25) is 0 Å². The predicted octanol–water partition coefficient (Wildman–Crippen LogP) is 4.07. The van der Waals surface area contributed by atoms with Gasteiger partial charge in [0.2, 0.25) is 0 Å². The van der Waals surface area contributed by atoms with E-state index in [1.807, 2.05) is 0 Å². The van der Waals surface area contributed by atoms with Crippen LogP contribution in [0.25, 0.3) is 0 Å². The smallest absolute Gasteiger partial charge is 0.416 e. The van der Waals surface area contributed by atoms with E-state index in [1.54, 1.807) is 6.07 Å². The summed E-state index contributed by atoms with van der Waals surface area (Å²) in [6, 6.07) is 9.43. The molecule has 0 atom stereocenters. The first-order valence-corrected chi connectivity index (χ1v) is 5.94. The SMILES string of the molecule is N#Cc1cc(C(=O)O)ccc1Oc1cccc(C(F)(F)F)c1. The molecule has 0 heterocycles. The number of hydrogen-bond donors (Lipinski definition) is 1. The summed E-state index contributed by atoms with van der Waals surface area (Å²) in [6.45, 7) is 0. The summed E-state index contributed by atoms with van der Waals surface area (Å²) in [7, 11) is 0. The molecule has 2 aromatic rings. The number of carboxylic acid groups (broad SMARTS) is 1. The Morgan fingerprint density at radius 1 is 1.18 bits per heavy atom. The van der Waals surface area contributed by atoms with Crippen LogP contribution >= 0.6 is 0 Å². The molecule has 2 aromatic carbocycles. The highest BCUT2D eigenvalue weighted by Gasteiger charge is 2.30. The molecule has 0 saturated carbocycles. The summed E-state index contributed by atoms with van der Waals surface area (Å²) in [6.07, 6.45) is -4.51. The molecule has 1 N–H and O–H groups in total. The van der Waals surface area contributed by atoms with E-state index < -0.39 is 17.7 Å². The highest BCUT2D eigenvalue weighted by atomic mass is 19.4. The van der Waals surface area contributed by atoms with Crippen LogP contribution in [0.15, 0.2) is 42.5 Å². The number of benzene rings is 2.